The molecule has 2 heterocycles. The van der Waals surface area contributed by atoms with Gasteiger partial charge in [-0.2, -0.15) is 9.97 Å². The lowest BCUT2D eigenvalue weighted by Gasteiger charge is -2.10. The number of benzene rings is 1. The van der Waals surface area contributed by atoms with Gasteiger partial charge in [0.05, 0.1) is 12.0 Å². The molecule has 3 N–H and O–H groups in total. The van der Waals surface area contributed by atoms with Crippen LogP contribution < -0.4 is 10.6 Å². The Morgan fingerprint density at radius 2 is 1.91 bits per heavy atom. The molecule has 0 unspecified atom stereocenters. The van der Waals surface area contributed by atoms with Crippen LogP contribution in [0.2, 0.25) is 0 Å². The van der Waals surface area contributed by atoms with Gasteiger partial charge in [0.1, 0.15) is 11.5 Å². The lowest BCUT2D eigenvalue weighted by atomic mass is 10.2. The summed E-state index contributed by atoms with van der Waals surface area (Å²) in [5.74, 6) is 1.30. The molecular formula is C16H19N5O. The van der Waals surface area contributed by atoms with Gasteiger partial charge < -0.3 is 20.3 Å². The lowest BCUT2D eigenvalue weighted by Crippen LogP contribution is -2.11. The van der Waals surface area contributed by atoms with E-state index in [1.807, 2.05) is 42.1 Å². The van der Waals surface area contributed by atoms with Crippen molar-refractivity contribution in [3.05, 3.63) is 48.2 Å². The molecule has 6 heteroatoms. The number of hydrogen-bond acceptors (Lipinski definition) is 5. The van der Waals surface area contributed by atoms with Gasteiger partial charge in [0.15, 0.2) is 0 Å². The standard InChI is InChI=1S/C16H19N5O/c1-21-9-7-13-14(18-11-12-5-3-2-4-6-12)19-16(17-8-10-22)20-15(13)21/h2-7,9,22H,8,10-11H2,1H3,(H2,17,18,19,20). The predicted molar refractivity (Wildman–Crippen MR) is 87.9 cm³/mol. The van der Waals surface area contributed by atoms with E-state index in [1.165, 1.54) is 5.56 Å². The van der Waals surface area contributed by atoms with Gasteiger partial charge in [-0.25, -0.2) is 0 Å². The SMILES string of the molecule is Cn1ccc2c(NCc3ccccc3)nc(NCCO)nc21. The van der Waals surface area contributed by atoms with Gasteiger partial charge in [-0.15, -0.1) is 0 Å². The van der Waals surface area contributed by atoms with Crippen molar-refractivity contribution in [1.29, 1.82) is 0 Å². The van der Waals surface area contributed by atoms with Crippen molar-refractivity contribution in [3.63, 3.8) is 0 Å². The highest BCUT2D eigenvalue weighted by molar-refractivity contribution is 5.88. The molecule has 3 rings (SSSR count). The molecular weight excluding hydrogens is 278 g/mol. The molecule has 0 bridgehead atoms. The fourth-order valence-electron chi connectivity index (χ4n) is 2.30. The summed E-state index contributed by atoms with van der Waals surface area (Å²) in [5, 5.41) is 16.3. The van der Waals surface area contributed by atoms with E-state index < -0.39 is 0 Å². The Kier molecular flexibility index (Phi) is 4.20. The Morgan fingerprint density at radius 1 is 1.09 bits per heavy atom. The van der Waals surface area contributed by atoms with Gasteiger partial charge in [0, 0.05) is 26.3 Å². The molecule has 0 radical (unpaired) electrons. The van der Waals surface area contributed by atoms with E-state index in [0.717, 1.165) is 16.9 Å². The van der Waals surface area contributed by atoms with Crippen LogP contribution in [0.3, 0.4) is 0 Å². The minimum Gasteiger partial charge on any atom is -0.395 e. The van der Waals surface area contributed by atoms with Crippen molar-refractivity contribution in [2.75, 3.05) is 23.8 Å². The van der Waals surface area contributed by atoms with Crippen molar-refractivity contribution in [2.45, 2.75) is 6.54 Å². The van der Waals surface area contributed by atoms with Crippen LogP contribution in [0.1, 0.15) is 5.56 Å². The average Bonchev–Trinajstić information content (AvgIpc) is 2.93. The maximum absolute atomic E-state index is 8.94. The van der Waals surface area contributed by atoms with Gasteiger partial charge >= 0.3 is 0 Å². The molecule has 0 saturated carbocycles. The van der Waals surface area contributed by atoms with E-state index in [0.29, 0.717) is 19.0 Å². The number of hydrogen-bond donors (Lipinski definition) is 3. The van der Waals surface area contributed by atoms with Gasteiger partial charge in [-0.3, -0.25) is 0 Å². The Labute approximate surface area is 128 Å². The number of nitrogens with zero attached hydrogens (tertiary/aromatic N) is 3. The first kappa shape index (κ1) is 14.3. The van der Waals surface area contributed by atoms with Crippen molar-refractivity contribution in [2.24, 2.45) is 7.05 Å². The number of aryl methyl sites for hydroxylation is 1. The zero-order valence-corrected chi connectivity index (χ0v) is 12.5. The zero-order valence-electron chi connectivity index (χ0n) is 12.5. The topological polar surface area (TPSA) is 75.0 Å². The molecule has 6 nitrogen and oxygen atoms in total. The molecule has 114 valence electrons. The Balaban J connectivity index is 1.89. The molecule has 1 aromatic carbocycles. The minimum atomic E-state index is 0.0430. The lowest BCUT2D eigenvalue weighted by molar-refractivity contribution is 0.311. The largest absolute Gasteiger partial charge is 0.395 e. The molecule has 0 aliphatic rings. The maximum atomic E-state index is 8.94. The highest BCUT2D eigenvalue weighted by Gasteiger charge is 2.10. The summed E-state index contributed by atoms with van der Waals surface area (Å²) >= 11 is 0. The third kappa shape index (κ3) is 3.01. The third-order valence-corrected chi connectivity index (χ3v) is 3.42. The number of rotatable bonds is 6. The molecule has 0 amide bonds. The fraction of sp³-hybridized carbons (Fsp3) is 0.250. The second kappa shape index (κ2) is 6.44. The van der Waals surface area contributed by atoms with Gasteiger partial charge in [-0.05, 0) is 11.6 Å². The number of aliphatic hydroxyl groups excluding tert-OH is 1. The number of aliphatic hydroxyl groups is 1. The van der Waals surface area contributed by atoms with Crippen molar-refractivity contribution in [3.8, 4) is 0 Å². The van der Waals surface area contributed by atoms with Gasteiger partial charge in [-0.1, -0.05) is 30.3 Å². The molecule has 22 heavy (non-hydrogen) atoms. The summed E-state index contributed by atoms with van der Waals surface area (Å²) in [4.78, 5) is 8.99. The average molecular weight is 297 g/mol. The molecule has 0 saturated heterocycles. The molecule has 0 aliphatic heterocycles. The number of nitrogens with one attached hydrogen (secondary N) is 2. The van der Waals surface area contributed by atoms with Crippen LogP contribution in [0.15, 0.2) is 42.6 Å². The van der Waals surface area contributed by atoms with Crippen molar-refractivity contribution >= 4 is 22.8 Å². The zero-order chi connectivity index (χ0) is 15.4. The Hall–Kier alpha value is -2.60. The molecule has 3 aromatic rings. The highest BCUT2D eigenvalue weighted by Crippen LogP contribution is 2.23. The quantitative estimate of drug-likeness (QED) is 0.649. The predicted octanol–water partition coefficient (Wildman–Crippen LogP) is 1.98. The summed E-state index contributed by atoms with van der Waals surface area (Å²) in [5.41, 5.74) is 2.04. The van der Waals surface area contributed by atoms with E-state index in [4.69, 9.17) is 5.11 Å². The smallest absolute Gasteiger partial charge is 0.226 e. The first-order chi connectivity index (χ1) is 10.8. The van der Waals surface area contributed by atoms with Crippen LogP contribution in [0.25, 0.3) is 11.0 Å². The molecule has 0 aliphatic carbocycles. The first-order valence-corrected chi connectivity index (χ1v) is 7.23. The van der Waals surface area contributed by atoms with E-state index in [-0.39, 0.29) is 6.61 Å². The second-order valence-corrected chi connectivity index (χ2v) is 5.05. The summed E-state index contributed by atoms with van der Waals surface area (Å²) in [6.07, 6.45) is 1.96. The fourth-order valence-corrected chi connectivity index (χ4v) is 2.30. The molecule has 0 spiro atoms. The normalized spacial score (nSPS) is 10.8. The Bertz CT molecular complexity index is 754. The minimum absolute atomic E-state index is 0.0430. The summed E-state index contributed by atoms with van der Waals surface area (Å²) in [6.45, 7) is 1.16. The van der Waals surface area contributed by atoms with Crippen LogP contribution in [0.5, 0.6) is 0 Å². The summed E-state index contributed by atoms with van der Waals surface area (Å²) in [7, 11) is 1.95. The van der Waals surface area contributed by atoms with Crippen molar-refractivity contribution < 1.29 is 5.11 Å². The van der Waals surface area contributed by atoms with Crippen LogP contribution in [0, 0.1) is 0 Å². The Morgan fingerprint density at radius 3 is 2.68 bits per heavy atom. The second-order valence-electron chi connectivity index (χ2n) is 5.05. The van der Waals surface area contributed by atoms with Crippen LogP contribution >= 0.6 is 0 Å². The maximum Gasteiger partial charge on any atom is 0.226 e. The van der Waals surface area contributed by atoms with E-state index in [9.17, 15) is 0 Å². The van der Waals surface area contributed by atoms with Crippen LogP contribution in [0.4, 0.5) is 11.8 Å². The number of aromatic nitrogens is 3. The van der Waals surface area contributed by atoms with Crippen LogP contribution in [-0.2, 0) is 13.6 Å². The van der Waals surface area contributed by atoms with E-state index >= 15 is 0 Å². The molecule has 2 aromatic heterocycles. The summed E-state index contributed by atoms with van der Waals surface area (Å²) in [6, 6.07) is 12.2. The summed E-state index contributed by atoms with van der Waals surface area (Å²) < 4.78 is 1.95. The van der Waals surface area contributed by atoms with Crippen LogP contribution in [-0.4, -0.2) is 32.8 Å². The monoisotopic (exact) mass is 297 g/mol. The third-order valence-electron chi connectivity index (χ3n) is 3.42. The number of fused-ring (bicyclic) bond motifs is 1. The molecule has 0 atom stereocenters. The molecule has 0 fully saturated rings. The van der Waals surface area contributed by atoms with E-state index in [2.05, 4.69) is 32.7 Å². The number of anilines is 2. The first-order valence-electron chi connectivity index (χ1n) is 7.23. The van der Waals surface area contributed by atoms with Crippen molar-refractivity contribution in [1.82, 2.24) is 14.5 Å². The van der Waals surface area contributed by atoms with Gasteiger partial charge in [0.2, 0.25) is 5.95 Å². The van der Waals surface area contributed by atoms with Gasteiger partial charge in [0.25, 0.3) is 0 Å². The van der Waals surface area contributed by atoms with E-state index in [1.54, 1.807) is 0 Å². The highest BCUT2D eigenvalue weighted by atomic mass is 16.3.